The van der Waals surface area contributed by atoms with Crippen molar-refractivity contribution < 1.29 is 31.3 Å². The summed E-state index contributed by atoms with van der Waals surface area (Å²) < 4.78 is 65.8. The summed E-state index contributed by atoms with van der Waals surface area (Å²) in [5.41, 5.74) is -1.40. The van der Waals surface area contributed by atoms with Crippen LogP contribution in [0.5, 0.6) is 0 Å². The number of hydrogen-bond acceptors (Lipinski definition) is 5. The Labute approximate surface area is 190 Å². The van der Waals surface area contributed by atoms with Gasteiger partial charge in [-0.1, -0.05) is 17.7 Å². The molecule has 0 aliphatic carbocycles. The summed E-state index contributed by atoms with van der Waals surface area (Å²) >= 11 is 5.87. The van der Waals surface area contributed by atoms with Gasteiger partial charge in [-0.15, -0.1) is 0 Å². The molecule has 0 saturated heterocycles. The molecule has 0 aliphatic rings. The zero-order valence-electron chi connectivity index (χ0n) is 16.3. The molecule has 3 aromatic carbocycles. The van der Waals surface area contributed by atoms with Crippen molar-refractivity contribution in [2.45, 2.75) is 11.1 Å². The lowest BCUT2D eigenvalue weighted by molar-refractivity contribution is -0.385. The van der Waals surface area contributed by atoms with Gasteiger partial charge in [-0.3, -0.25) is 19.6 Å². The van der Waals surface area contributed by atoms with Crippen LogP contribution in [-0.4, -0.2) is 19.2 Å². The first-order chi connectivity index (χ1) is 15.4. The predicted octanol–water partition coefficient (Wildman–Crippen LogP) is 5.32. The number of nitro benzene ring substituents is 1. The molecular formula is C20H13ClF3N3O5S. The lowest BCUT2D eigenvalue weighted by Gasteiger charge is -2.11. The van der Waals surface area contributed by atoms with Gasteiger partial charge in [-0.2, -0.15) is 13.2 Å². The summed E-state index contributed by atoms with van der Waals surface area (Å²) in [4.78, 5) is 21.9. The lowest BCUT2D eigenvalue weighted by Crippen LogP contribution is -2.15. The van der Waals surface area contributed by atoms with Crippen LogP contribution in [0.25, 0.3) is 0 Å². The molecule has 0 unspecified atom stereocenters. The Morgan fingerprint density at radius 2 is 1.64 bits per heavy atom. The van der Waals surface area contributed by atoms with E-state index in [1.165, 1.54) is 30.3 Å². The molecule has 3 aromatic rings. The molecule has 3 rings (SSSR count). The maximum atomic E-state index is 12.8. The summed E-state index contributed by atoms with van der Waals surface area (Å²) in [5.74, 6) is -0.717. The largest absolute Gasteiger partial charge is 0.416 e. The van der Waals surface area contributed by atoms with E-state index in [4.69, 9.17) is 11.6 Å². The Morgan fingerprint density at radius 1 is 0.970 bits per heavy atom. The molecule has 33 heavy (non-hydrogen) atoms. The number of amides is 1. The van der Waals surface area contributed by atoms with E-state index < -0.39 is 43.2 Å². The fourth-order valence-electron chi connectivity index (χ4n) is 2.69. The number of sulfonamides is 1. The van der Waals surface area contributed by atoms with Crippen molar-refractivity contribution in [2.75, 3.05) is 10.0 Å². The van der Waals surface area contributed by atoms with Crippen LogP contribution in [0.1, 0.15) is 15.9 Å². The Kier molecular flexibility index (Phi) is 6.60. The smallest absolute Gasteiger partial charge is 0.322 e. The molecular weight excluding hydrogens is 487 g/mol. The van der Waals surface area contributed by atoms with Crippen LogP contribution < -0.4 is 10.0 Å². The minimum Gasteiger partial charge on any atom is -0.322 e. The van der Waals surface area contributed by atoms with Crippen LogP contribution in [0.4, 0.5) is 30.2 Å². The van der Waals surface area contributed by atoms with Crippen LogP contribution in [0.3, 0.4) is 0 Å². The van der Waals surface area contributed by atoms with Gasteiger partial charge in [0.25, 0.3) is 21.6 Å². The van der Waals surface area contributed by atoms with Crippen molar-refractivity contribution in [2.24, 2.45) is 0 Å². The average Bonchev–Trinajstić information content (AvgIpc) is 2.73. The van der Waals surface area contributed by atoms with Gasteiger partial charge in [0.2, 0.25) is 0 Å². The highest BCUT2D eigenvalue weighted by atomic mass is 35.5. The first kappa shape index (κ1) is 24.0. The van der Waals surface area contributed by atoms with Gasteiger partial charge >= 0.3 is 6.18 Å². The Hall–Kier alpha value is -3.64. The van der Waals surface area contributed by atoms with Gasteiger partial charge in [0.05, 0.1) is 15.5 Å². The normalized spacial score (nSPS) is 11.6. The molecule has 0 saturated carbocycles. The molecule has 8 nitrogen and oxygen atoms in total. The van der Waals surface area contributed by atoms with Crippen molar-refractivity contribution >= 4 is 44.6 Å². The van der Waals surface area contributed by atoms with Crippen molar-refractivity contribution in [1.82, 2.24) is 0 Å². The summed E-state index contributed by atoms with van der Waals surface area (Å²) in [5, 5.41) is 13.0. The van der Waals surface area contributed by atoms with Crippen molar-refractivity contribution in [3.05, 3.63) is 93.0 Å². The monoisotopic (exact) mass is 499 g/mol. The predicted molar refractivity (Wildman–Crippen MR) is 115 cm³/mol. The molecule has 0 aliphatic heterocycles. The third-order valence-electron chi connectivity index (χ3n) is 4.26. The van der Waals surface area contributed by atoms with Crippen molar-refractivity contribution in [3.63, 3.8) is 0 Å². The van der Waals surface area contributed by atoms with E-state index in [-0.39, 0.29) is 22.0 Å². The van der Waals surface area contributed by atoms with E-state index >= 15 is 0 Å². The number of non-ortho nitro benzene ring substituents is 1. The summed E-state index contributed by atoms with van der Waals surface area (Å²) in [6.07, 6.45) is -4.57. The summed E-state index contributed by atoms with van der Waals surface area (Å²) in [6.45, 7) is 0. The minimum atomic E-state index is -4.57. The molecule has 172 valence electrons. The maximum absolute atomic E-state index is 12.8. The van der Waals surface area contributed by atoms with Gasteiger partial charge in [0.1, 0.15) is 4.90 Å². The maximum Gasteiger partial charge on any atom is 0.416 e. The third kappa shape index (κ3) is 5.79. The summed E-state index contributed by atoms with van der Waals surface area (Å²) in [7, 11) is -4.29. The van der Waals surface area contributed by atoms with E-state index in [9.17, 15) is 36.5 Å². The average molecular weight is 500 g/mol. The first-order valence-electron chi connectivity index (χ1n) is 8.92. The highest BCUT2D eigenvalue weighted by molar-refractivity contribution is 7.92. The van der Waals surface area contributed by atoms with E-state index in [0.717, 1.165) is 36.4 Å². The molecule has 0 atom stereocenters. The lowest BCUT2D eigenvalue weighted by atomic mass is 10.1. The number of carbonyl (C=O) groups excluding carboxylic acids is 1. The van der Waals surface area contributed by atoms with E-state index in [2.05, 4.69) is 10.0 Å². The number of benzene rings is 3. The molecule has 1 amide bonds. The number of alkyl halides is 3. The van der Waals surface area contributed by atoms with E-state index in [0.29, 0.717) is 0 Å². The van der Waals surface area contributed by atoms with Crippen LogP contribution in [0, 0.1) is 10.1 Å². The SMILES string of the molecule is O=C(Nc1cccc(C(F)(F)F)c1)c1ccc(NS(=O)(=O)c2cc([N+](=O)[O-])ccc2Cl)cc1. The quantitative estimate of drug-likeness (QED) is 0.351. The highest BCUT2D eigenvalue weighted by Crippen LogP contribution is 2.31. The topological polar surface area (TPSA) is 118 Å². The third-order valence-corrected chi connectivity index (χ3v) is 6.13. The highest BCUT2D eigenvalue weighted by Gasteiger charge is 2.30. The standard InChI is InChI=1S/C20H13ClF3N3O5S/c21-17-9-8-16(27(29)30)11-18(17)33(31,32)26-14-6-4-12(5-7-14)19(28)25-15-3-1-2-13(10-15)20(22,23)24/h1-11,26H,(H,25,28). The molecule has 0 spiro atoms. The number of nitro groups is 1. The number of rotatable bonds is 6. The zero-order chi connectivity index (χ0) is 24.4. The fraction of sp³-hybridized carbons (Fsp3) is 0.0500. The van der Waals surface area contributed by atoms with Crippen LogP contribution >= 0.6 is 11.6 Å². The van der Waals surface area contributed by atoms with Gasteiger partial charge in [-0.25, -0.2) is 8.42 Å². The van der Waals surface area contributed by atoms with Gasteiger partial charge in [0.15, 0.2) is 0 Å². The second-order valence-corrected chi connectivity index (χ2v) is 8.65. The second kappa shape index (κ2) is 9.08. The Morgan fingerprint density at radius 3 is 2.24 bits per heavy atom. The Bertz CT molecular complexity index is 1330. The van der Waals surface area contributed by atoms with Gasteiger partial charge < -0.3 is 5.32 Å². The van der Waals surface area contributed by atoms with Crippen molar-refractivity contribution in [3.8, 4) is 0 Å². The number of hydrogen-bond donors (Lipinski definition) is 2. The second-order valence-electron chi connectivity index (χ2n) is 6.59. The molecule has 0 radical (unpaired) electrons. The minimum absolute atomic E-state index is 0.0215. The Balaban J connectivity index is 1.76. The molecule has 0 fully saturated rings. The molecule has 13 heteroatoms. The van der Waals surface area contributed by atoms with Crippen molar-refractivity contribution in [1.29, 1.82) is 0 Å². The van der Waals surface area contributed by atoms with E-state index in [1.807, 2.05) is 0 Å². The molecule has 0 aromatic heterocycles. The first-order valence-corrected chi connectivity index (χ1v) is 10.8. The summed E-state index contributed by atoms with van der Waals surface area (Å²) in [6, 6.07) is 12.0. The number of halogens is 4. The number of nitrogens with one attached hydrogen (secondary N) is 2. The van der Waals surface area contributed by atoms with Crippen LogP contribution in [0.2, 0.25) is 5.02 Å². The van der Waals surface area contributed by atoms with Crippen LogP contribution in [0.15, 0.2) is 71.6 Å². The number of carbonyl (C=O) groups is 1. The fourth-order valence-corrected chi connectivity index (χ4v) is 4.27. The molecule has 0 bridgehead atoms. The number of nitrogens with zero attached hydrogens (tertiary/aromatic N) is 1. The molecule has 0 heterocycles. The van der Waals surface area contributed by atoms with Gasteiger partial charge in [-0.05, 0) is 48.5 Å². The van der Waals surface area contributed by atoms with Crippen LogP contribution in [-0.2, 0) is 16.2 Å². The zero-order valence-corrected chi connectivity index (χ0v) is 17.8. The van der Waals surface area contributed by atoms with Gasteiger partial charge in [0, 0.05) is 29.1 Å². The number of anilines is 2. The van der Waals surface area contributed by atoms with E-state index in [1.54, 1.807) is 0 Å². The molecule has 2 N–H and O–H groups in total.